The lowest BCUT2D eigenvalue weighted by atomic mass is 10.4. The van der Waals surface area contributed by atoms with E-state index in [1.807, 2.05) is 0 Å². The Hall–Kier alpha value is -0.570. The standard InChI is InChI=1S/C5H7NOS/c6-4-1-2-7-5(8)3-4/h1,3,8H,2,6H2. The van der Waals surface area contributed by atoms with Gasteiger partial charge in [0.1, 0.15) is 6.61 Å². The highest BCUT2D eigenvalue weighted by molar-refractivity contribution is 7.84. The summed E-state index contributed by atoms with van der Waals surface area (Å²) in [6.07, 6.45) is 3.46. The third kappa shape index (κ3) is 1.20. The molecular formula is C5H7NOS. The Kier molecular flexibility index (Phi) is 1.48. The van der Waals surface area contributed by atoms with Gasteiger partial charge in [0.2, 0.25) is 0 Å². The lowest BCUT2D eigenvalue weighted by Gasteiger charge is -2.06. The van der Waals surface area contributed by atoms with Gasteiger partial charge in [-0.1, -0.05) is 0 Å². The number of nitrogens with two attached hydrogens (primary N) is 1. The van der Waals surface area contributed by atoms with Crippen molar-refractivity contribution in [1.82, 2.24) is 0 Å². The monoisotopic (exact) mass is 129 g/mol. The summed E-state index contributed by atoms with van der Waals surface area (Å²) in [4.78, 5) is 0. The first-order valence-corrected chi connectivity index (χ1v) is 2.73. The Morgan fingerprint density at radius 2 is 2.50 bits per heavy atom. The number of hydrogen-bond donors (Lipinski definition) is 2. The average molecular weight is 129 g/mol. The fourth-order valence-electron chi connectivity index (χ4n) is 0.466. The predicted octanol–water partition coefficient (Wildman–Crippen LogP) is 0.630. The van der Waals surface area contributed by atoms with Crippen LogP contribution >= 0.6 is 12.6 Å². The molecule has 0 amide bonds. The van der Waals surface area contributed by atoms with Crippen molar-refractivity contribution >= 4 is 12.6 Å². The third-order valence-electron chi connectivity index (χ3n) is 0.840. The lowest BCUT2D eigenvalue weighted by Crippen LogP contribution is -2.02. The quantitative estimate of drug-likeness (QED) is 0.470. The van der Waals surface area contributed by atoms with Crippen LogP contribution in [0.1, 0.15) is 0 Å². The van der Waals surface area contributed by atoms with E-state index in [0.29, 0.717) is 11.7 Å². The molecule has 1 rings (SSSR count). The van der Waals surface area contributed by atoms with E-state index in [1.165, 1.54) is 0 Å². The van der Waals surface area contributed by atoms with Crippen molar-refractivity contribution in [3.63, 3.8) is 0 Å². The second-order valence-corrected chi connectivity index (χ2v) is 1.94. The summed E-state index contributed by atoms with van der Waals surface area (Å²) in [6.45, 7) is 0.543. The van der Waals surface area contributed by atoms with Crippen molar-refractivity contribution < 1.29 is 4.74 Å². The molecule has 0 saturated heterocycles. The van der Waals surface area contributed by atoms with E-state index in [0.717, 1.165) is 5.70 Å². The molecule has 1 aliphatic heterocycles. The molecular weight excluding hydrogens is 122 g/mol. The highest BCUT2D eigenvalue weighted by Crippen LogP contribution is 2.09. The molecule has 1 heterocycles. The van der Waals surface area contributed by atoms with Gasteiger partial charge in [0.05, 0.1) is 0 Å². The highest BCUT2D eigenvalue weighted by atomic mass is 32.1. The Bertz CT molecular complexity index is 151. The molecule has 0 aromatic carbocycles. The van der Waals surface area contributed by atoms with Crippen LogP contribution in [-0.2, 0) is 4.74 Å². The lowest BCUT2D eigenvalue weighted by molar-refractivity contribution is 0.273. The normalized spacial score (nSPS) is 18.6. The SMILES string of the molecule is NC1=CCOC(S)=C1. The van der Waals surface area contributed by atoms with E-state index >= 15 is 0 Å². The van der Waals surface area contributed by atoms with Crippen LogP contribution < -0.4 is 5.73 Å². The molecule has 8 heavy (non-hydrogen) atoms. The molecule has 0 bridgehead atoms. The molecule has 0 atom stereocenters. The van der Waals surface area contributed by atoms with Gasteiger partial charge >= 0.3 is 0 Å². The predicted molar refractivity (Wildman–Crippen MR) is 35.3 cm³/mol. The summed E-state index contributed by atoms with van der Waals surface area (Å²) in [5.74, 6) is 0. The van der Waals surface area contributed by atoms with Crippen molar-refractivity contribution in [3.05, 3.63) is 22.9 Å². The van der Waals surface area contributed by atoms with Crippen LogP contribution in [0.4, 0.5) is 0 Å². The molecule has 0 unspecified atom stereocenters. The summed E-state index contributed by atoms with van der Waals surface area (Å²) in [6, 6.07) is 0. The smallest absolute Gasteiger partial charge is 0.152 e. The van der Waals surface area contributed by atoms with Gasteiger partial charge in [0, 0.05) is 11.8 Å². The third-order valence-corrected chi connectivity index (χ3v) is 1.10. The van der Waals surface area contributed by atoms with Crippen molar-refractivity contribution in [1.29, 1.82) is 0 Å². The van der Waals surface area contributed by atoms with Crippen LogP contribution in [0.3, 0.4) is 0 Å². The van der Waals surface area contributed by atoms with Crippen molar-refractivity contribution in [3.8, 4) is 0 Å². The summed E-state index contributed by atoms with van der Waals surface area (Å²) < 4.78 is 4.92. The molecule has 0 aromatic heterocycles. The number of allylic oxidation sites excluding steroid dienone is 1. The zero-order valence-electron chi connectivity index (χ0n) is 4.29. The van der Waals surface area contributed by atoms with Gasteiger partial charge < -0.3 is 10.5 Å². The molecule has 0 radical (unpaired) electrons. The number of rotatable bonds is 0. The fraction of sp³-hybridized carbons (Fsp3) is 0.200. The van der Waals surface area contributed by atoms with E-state index in [2.05, 4.69) is 12.6 Å². The zero-order valence-corrected chi connectivity index (χ0v) is 5.19. The first kappa shape index (κ1) is 5.56. The maximum absolute atomic E-state index is 5.38. The van der Waals surface area contributed by atoms with Crippen LogP contribution in [-0.4, -0.2) is 6.61 Å². The molecule has 0 saturated carbocycles. The Morgan fingerprint density at radius 3 is 2.88 bits per heavy atom. The molecule has 2 N–H and O–H groups in total. The average Bonchev–Trinajstić information content (AvgIpc) is 1.64. The molecule has 0 aliphatic carbocycles. The second kappa shape index (κ2) is 2.13. The minimum atomic E-state index is 0.543. The Balaban J connectivity index is 2.69. The van der Waals surface area contributed by atoms with Crippen LogP contribution in [0.5, 0.6) is 0 Å². The van der Waals surface area contributed by atoms with Gasteiger partial charge in [0.25, 0.3) is 0 Å². The molecule has 0 fully saturated rings. The van der Waals surface area contributed by atoms with E-state index in [1.54, 1.807) is 12.2 Å². The Morgan fingerprint density at radius 1 is 1.75 bits per heavy atom. The Labute approximate surface area is 53.4 Å². The van der Waals surface area contributed by atoms with Gasteiger partial charge in [-0.2, -0.15) is 0 Å². The highest BCUT2D eigenvalue weighted by Gasteiger charge is 1.96. The van der Waals surface area contributed by atoms with Crippen LogP contribution in [0.2, 0.25) is 0 Å². The maximum atomic E-state index is 5.38. The van der Waals surface area contributed by atoms with E-state index in [9.17, 15) is 0 Å². The molecule has 1 aliphatic rings. The molecule has 44 valence electrons. The van der Waals surface area contributed by atoms with Gasteiger partial charge in [-0.05, 0) is 6.08 Å². The van der Waals surface area contributed by atoms with Crippen LogP contribution in [0.15, 0.2) is 22.9 Å². The first-order chi connectivity index (χ1) is 3.79. The summed E-state index contributed by atoms with van der Waals surface area (Å²) in [5.41, 5.74) is 6.10. The largest absolute Gasteiger partial charge is 0.483 e. The minimum Gasteiger partial charge on any atom is -0.483 e. The summed E-state index contributed by atoms with van der Waals surface area (Å²) in [7, 11) is 0. The number of hydrogen-bond acceptors (Lipinski definition) is 3. The number of ether oxygens (including phenoxy) is 1. The fourth-order valence-corrected chi connectivity index (χ4v) is 0.690. The molecule has 3 heteroatoms. The van der Waals surface area contributed by atoms with Crippen LogP contribution in [0, 0.1) is 0 Å². The second-order valence-electron chi connectivity index (χ2n) is 1.50. The summed E-state index contributed by atoms with van der Waals surface area (Å²) >= 11 is 3.94. The van der Waals surface area contributed by atoms with E-state index in [-0.39, 0.29) is 0 Å². The van der Waals surface area contributed by atoms with Crippen molar-refractivity contribution in [2.45, 2.75) is 0 Å². The molecule has 0 aromatic rings. The first-order valence-electron chi connectivity index (χ1n) is 2.28. The van der Waals surface area contributed by atoms with E-state index in [4.69, 9.17) is 10.5 Å². The van der Waals surface area contributed by atoms with Gasteiger partial charge in [-0.3, -0.25) is 0 Å². The van der Waals surface area contributed by atoms with Gasteiger partial charge in [-0.25, -0.2) is 0 Å². The topological polar surface area (TPSA) is 35.2 Å². The van der Waals surface area contributed by atoms with Gasteiger partial charge in [-0.15, -0.1) is 12.6 Å². The van der Waals surface area contributed by atoms with Gasteiger partial charge in [0.15, 0.2) is 5.09 Å². The summed E-state index contributed by atoms with van der Waals surface area (Å²) in [5, 5.41) is 0.588. The van der Waals surface area contributed by atoms with Crippen molar-refractivity contribution in [2.75, 3.05) is 6.61 Å². The van der Waals surface area contributed by atoms with E-state index < -0.39 is 0 Å². The van der Waals surface area contributed by atoms with Crippen molar-refractivity contribution in [2.24, 2.45) is 5.73 Å². The maximum Gasteiger partial charge on any atom is 0.152 e. The molecule has 0 spiro atoms. The number of thiol groups is 1. The van der Waals surface area contributed by atoms with Crippen LogP contribution in [0.25, 0.3) is 0 Å². The zero-order chi connectivity index (χ0) is 5.98. The minimum absolute atomic E-state index is 0.543. The molecule has 2 nitrogen and oxygen atoms in total.